The monoisotopic (exact) mass is 439 g/mol. The predicted octanol–water partition coefficient (Wildman–Crippen LogP) is 2.77. The average Bonchev–Trinajstić information content (AvgIpc) is 3.14. The first-order chi connectivity index (χ1) is 14.8. The van der Waals surface area contributed by atoms with E-state index in [-0.39, 0.29) is 0 Å². The third kappa shape index (κ3) is 4.75. The van der Waals surface area contributed by atoms with Crippen molar-refractivity contribution in [2.45, 2.75) is 6.42 Å². The number of rotatable bonds is 7. The zero-order valence-corrected chi connectivity index (χ0v) is 18.0. The molecule has 0 unspecified atom stereocenters. The van der Waals surface area contributed by atoms with Crippen molar-refractivity contribution >= 4 is 21.4 Å². The Hall–Kier alpha value is -3.66. The zero-order chi connectivity index (χ0) is 22.0. The van der Waals surface area contributed by atoms with Gasteiger partial charge in [-0.3, -0.25) is 9.71 Å². The van der Waals surface area contributed by atoms with Gasteiger partial charge in [0.05, 0.1) is 20.5 Å². The van der Waals surface area contributed by atoms with Crippen LogP contribution in [0.5, 0.6) is 11.5 Å². The maximum Gasteiger partial charge on any atom is 0.229 e. The van der Waals surface area contributed by atoms with Gasteiger partial charge in [0.2, 0.25) is 10.0 Å². The van der Waals surface area contributed by atoms with Gasteiger partial charge in [-0.1, -0.05) is 12.1 Å². The number of benzene rings is 2. The molecule has 4 rings (SSSR count). The van der Waals surface area contributed by atoms with Gasteiger partial charge in [-0.25, -0.2) is 17.9 Å². The van der Waals surface area contributed by atoms with Gasteiger partial charge in [0.1, 0.15) is 17.2 Å². The Balaban J connectivity index is 1.71. The van der Waals surface area contributed by atoms with Crippen LogP contribution in [-0.4, -0.2) is 48.5 Å². The van der Waals surface area contributed by atoms with Gasteiger partial charge >= 0.3 is 0 Å². The molecule has 0 amide bonds. The van der Waals surface area contributed by atoms with E-state index in [1.165, 1.54) is 0 Å². The summed E-state index contributed by atoms with van der Waals surface area (Å²) in [5.41, 5.74) is 3.29. The van der Waals surface area contributed by atoms with Crippen LogP contribution in [0.15, 0.2) is 54.9 Å². The number of nitrogens with one attached hydrogen (secondary N) is 1. The minimum absolute atomic E-state index is 0.451. The second-order valence-electron chi connectivity index (χ2n) is 6.92. The third-order valence-electron chi connectivity index (χ3n) is 4.51. The van der Waals surface area contributed by atoms with Gasteiger partial charge in [0.15, 0.2) is 11.5 Å². The number of nitrogens with zero attached hydrogens (tertiary/aromatic N) is 4. The summed E-state index contributed by atoms with van der Waals surface area (Å²) >= 11 is 0. The maximum absolute atomic E-state index is 11.6. The zero-order valence-electron chi connectivity index (χ0n) is 17.2. The Morgan fingerprint density at radius 3 is 2.48 bits per heavy atom. The molecule has 0 aliphatic carbocycles. The molecule has 0 aliphatic rings. The van der Waals surface area contributed by atoms with Crippen LogP contribution in [0.3, 0.4) is 0 Å². The SMILES string of the molecule is COc1cc(Cc2nc3c(-c4cccc(NS(C)(=O)=O)c4)nccn3n2)cc(OC)c1. The Kier molecular flexibility index (Phi) is 5.47. The van der Waals surface area contributed by atoms with E-state index in [1.807, 2.05) is 18.2 Å². The van der Waals surface area contributed by atoms with E-state index < -0.39 is 10.0 Å². The van der Waals surface area contributed by atoms with Gasteiger partial charge < -0.3 is 9.47 Å². The summed E-state index contributed by atoms with van der Waals surface area (Å²) in [5.74, 6) is 1.99. The largest absolute Gasteiger partial charge is 0.497 e. The number of ether oxygens (including phenoxy) is 2. The molecule has 0 saturated carbocycles. The molecule has 2 aromatic carbocycles. The highest BCUT2D eigenvalue weighted by Gasteiger charge is 2.13. The van der Waals surface area contributed by atoms with Crippen molar-refractivity contribution in [1.82, 2.24) is 19.6 Å². The first kappa shape index (κ1) is 20.6. The number of aromatic nitrogens is 4. The van der Waals surface area contributed by atoms with E-state index in [2.05, 4.69) is 19.8 Å². The number of methoxy groups -OCH3 is 2. The molecule has 0 spiro atoms. The van der Waals surface area contributed by atoms with E-state index in [9.17, 15) is 8.42 Å². The molecule has 4 aromatic rings. The van der Waals surface area contributed by atoms with Crippen LogP contribution >= 0.6 is 0 Å². The number of hydrogen-bond acceptors (Lipinski definition) is 7. The summed E-state index contributed by atoms with van der Waals surface area (Å²) in [4.78, 5) is 9.12. The van der Waals surface area contributed by atoms with Crippen molar-refractivity contribution in [3.8, 4) is 22.8 Å². The molecule has 0 fully saturated rings. The van der Waals surface area contributed by atoms with Gasteiger partial charge in [-0.05, 0) is 29.8 Å². The molecular formula is C21H21N5O4S. The molecule has 0 radical (unpaired) electrons. The standard InChI is InChI=1S/C21H21N5O4S/c1-29-17-9-14(10-18(13-17)30-2)11-19-23-21-20(22-7-8-26(21)24-19)15-5-4-6-16(12-15)25-31(3,27)28/h4-10,12-13,25H,11H2,1-3H3. The van der Waals surface area contributed by atoms with Crippen LogP contribution in [0.2, 0.25) is 0 Å². The fraction of sp³-hybridized carbons (Fsp3) is 0.190. The fourth-order valence-corrected chi connectivity index (χ4v) is 3.79. The maximum atomic E-state index is 11.6. The van der Waals surface area contributed by atoms with Crippen molar-refractivity contribution in [1.29, 1.82) is 0 Å². The first-order valence-corrected chi connectivity index (χ1v) is 11.2. The van der Waals surface area contributed by atoms with Crippen LogP contribution in [0.1, 0.15) is 11.4 Å². The summed E-state index contributed by atoms with van der Waals surface area (Å²) in [6, 6.07) is 12.6. The highest BCUT2D eigenvalue weighted by molar-refractivity contribution is 7.92. The normalized spacial score (nSPS) is 11.5. The molecule has 0 saturated heterocycles. The third-order valence-corrected chi connectivity index (χ3v) is 5.12. The van der Waals surface area contributed by atoms with Crippen molar-refractivity contribution in [2.24, 2.45) is 0 Å². The Bertz CT molecular complexity index is 1330. The molecule has 31 heavy (non-hydrogen) atoms. The second kappa shape index (κ2) is 8.23. The van der Waals surface area contributed by atoms with E-state index >= 15 is 0 Å². The number of hydrogen-bond donors (Lipinski definition) is 1. The van der Waals surface area contributed by atoms with E-state index in [4.69, 9.17) is 9.47 Å². The van der Waals surface area contributed by atoms with Gasteiger partial charge in [0.25, 0.3) is 0 Å². The van der Waals surface area contributed by atoms with Gasteiger partial charge in [0, 0.05) is 36.1 Å². The van der Waals surface area contributed by atoms with Crippen LogP contribution in [0, 0.1) is 0 Å². The molecule has 1 N–H and O–H groups in total. The van der Waals surface area contributed by atoms with Crippen LogP contribution in [0.25, 0.3) is 16.9 Å². The van der Waals surface area contributed by atoms with E-state index in [1.54, 1.807) is 55.4 Å². The number of sulfonamides is 1. The van der Waals surface area contributed by atoms with Gasteiger partial charge in [-0.2, -0.15) is 5.10 Å². The molecule has 160 valence electrons. The average molecular weight is 439 g/mol. The van der Waals surface area contributed by atoms with Crippen molar-refractivity contribution < 1.29 is 17.9 Å². The lowest BCUT2D eigenvalue weighted by atomic mass is 10.1. The Morgan fingerprint density at radius 2 is 1.81 bits per heavy atom. The lowest BCUT2D eigenvalue weighted by Crippen LogP contribution is -2.09. The predicted molar refractivity (Wildman–Crippen MR) is 117 cm³/mol. The first-order valence-electron chi connectivity index (χ1n) is 9.35. The Labute approximate surface area is 179 Å². The molecule has 0 aliphatic heterocycles. The summed E-state index contributed by atoms with van der Waals surface area (Å²) < 4.78 is 37.9. The topological polar surface area (TPSA) is 108 Å². The quantitative estimate of drug-likeness (QED) is 0.472. The minimum Gasteiger partial charge on any atom is -0.497 e. The summed E-state index contributed by atoms with van der Waals surface area (Å²) in [7, 11) is -0.178. The highest BCUT2D eigenvalue weighted by atomic mass is 32.2. The van der Waals surface area contributed by atoms with Crippen LogP contribution in [-0.2, 0) is 16.4 Å². The summed E-state index contributed by atoms with van der Waals surface area (Å²) in [6.07, 6.45) is 4.94. The summed E-state index contributed by atoms with van der Waals surface area (Å²) in [6.45, 7) is 0. The fourth-order valence-electron chi connectivity index (χ4n) is 3.24. The lowest BCUT2D eigenvalue weighted by Gasteiger charge is -2.07. The van der Waals surface area contributed by atoms with Crippen molar-refractivity contribution in [3.05, 3.63) is 66.2 Å². The highest BCUT2D eigenvalue weighted by Crippen LogP contribution is 2.26. The molecule has 0 bridgehead atoms. The second-order valence-corrected chi connectivity index (χ2v) is 8.67. The van der Waals surface area contributed by atoms with Crippen molar-refractivity contribution in [3.63, 3.8) is 0 Å². The van der Waals surface area contributed by atoms with Crippen LogP contribution in [0.4, 0.5) is 5.69 Å². The van der Waals surface area contributed by atoms with Crippen molar-refractivity contribution in [2.75, 3.05) is 25.2 Å². The molecule has 2 heterocycles. The number of fused-ring (bicyclic) bond motifs is 1. The lowest BCUT2D eigenvalue weighted by molar-refractivity contribution is 0.393. The molecule has 2 aromatic heterocycles. The Morgan fingerprint density at radius 1 is 1.06 bits per heavy atom. The number of anilines is 1. The molecular weight excluding hydrogens is 418 g/mol. The molecule has 9 nitrogen and oxygen atoms in total. The minimum atomic E-state index is -3.38. The summed E-state index contributed by atoms with van der Waals surface area (Å²) in [5, 5.41) is 4.56. The smallest absolute Gasteiger partial charge is 0.229 e. The van der Waals surface area contributed by atoms with E-state index in [0.29, 0.717) is 40.8 Å². The van der Waals surface area contributed by atoms with E-state index in [0.717, 1.165) is 17.4 Å². The molecule has 10 heteroatoms. The molecule has 0 atom stereocenters. The van der Waals surface area contributed by atoms with Crippen LogP contribution < -0.4 is 14.2 Å². The van der Waals surface area contributed by atoms with Gasteiger partial charge in [-0.15, -0.1) is 0 Å².